The zero-order valence-electron chi connectivity index (χ0n) is 7.16. The van der Waals surface area contributed by atoms with Crippen molar-refractivity contribution in [2.24, 2.45) is 0 Å². The van der Waals surface area contributed by atoms with Gasteiger partial charge in [-0.15, -0.1) is 11.3 Å². The summed E-state index contributed by atoms with van der Waals surface area (Å²) in [5.74, 6) is -0.796. The molecule has 0 fully saturated rings. The molecule has 1 aromatic heterocycles. The summed E-state index contributed by atoms with van der Waals surface area (Å²) in [7, 11) is 1.79. The van der Waals surface area contributed by atoms with Gasteiger partial charge in [0, 0.05) is 15.9 Å². The molecule has 0 amide bonds. The Balaban J connectivity index is 2.49. The van der Waals surface area contributed by atoms with Gasteiger partial charge in [0.1, 0.15) is 0 Å². The minimum Gasteiger partial charge on any atom is -0.480 e. The summed E-state index contributed by atoms with van der Waals surface area (Å²) in [5.41, 5.74) is 0. The van der Waals surface area contributed by atoms with Crippen molar-refractivity contribution in [3.05, 3.63) is 20.8 Å². The normalized spacial score (nSPS) is 10.7. The lowest BCUT2D eigenvalue weighted by Crippen LogP contribution is -2.24. The molecule has 0 aliphatic carbocycles. The predicted molar refractivity (Wildman–Crippen MR) is 56.0 cm³/mol. The number of carboxylic acids is 1. The molecule has 5 heteroatoms. The number of carbonyl (C=O) groups is 1. The van der Waals surface area contributed by atoms with Crippen LogP contribution in [0, 0.1) is 0 Å². The lowest BCUT2D eigenvalue weighted by molar-refractivity contribution is -0.138. The molecule has 3 nitrogen and oxygen atoms in total. The lowest BCUT2D eigenvalue weighted by Gasteiger charge is -2.12. The maximum Gasteiger partial charge on any atom is 0.317 e. The smallest absolute Gasteiger partial charge is 0.317 e. The molecular formula is C8H10BrNO2S. The Morgan fingerprint density at radius 2 is 2.46 bits per heavy atom. The zero-order valence-corrected chi connectivity index (χ0v) is 9.56. The molecule has 0 bridgehead atoms. The molecule has 1 N–H and O–H groups in total. The molecule has 0 aromatic carbocycles. The molecule has 1 heterocycles. The Hall–Kier alpha value is -0.390. The summed E-state index contributed by atoms with van der Waals surface area (Å²) in [6.07, 6.45) is 0. The Bertz CT molecular complexity index is 300. The second-order valence-electron chi connectivity index (χ2n) is 2.76. The van der Waals surface area contributed by atoms with Gasteiger partial charge in [-0.3, -0.25) is 9.69 Å². The van der Waals surface area contributed by atoms with Crippen molar-refractivity contribution in [2.75, 3.05) is 13.6 Å². The summed E-state index contributed by atoms with van der Waals surface area (Å²) in [6.45, 7) is 0.745. The van der Waals surface area contributed by atoms with E-state index in [1.54, 1.807) is 23.3 Å². The number of thiophene rings is 1. The van der Waals surface area contributed by atoms with Crippen molar-refractivity contribution in [3.8, 4) is 0 Å². The van der Waals surface area contributed by atoms with E-state index in [9.17, 15) is 4.79 Å². The van der Waals surface area contributed by atoms with Crippen LogP contribution in [0.2, 0.25) is 0 Å². The molecule has 0 radical (unpaired) electrons. The van der Waals surface area contributed by atoms with Crippen LogP contribution in [0.15, 0.2) is 15.9 Å². The zero-order chi connectivity index (χ0) is 9.84. The van der Waals surface area contributed by atoms with E-state index in [0.29, 0.717) is 6.54 Å². The number of rotatable bonds is 4. The third kappa shape index (κ3) is 3.46. The summed E-state index contributed by atoms with van der Waals surface area (Å²) < 4.78 is 1.05. The molecule has 0 saturated carbocycles. The molecule has 0 spiro atoms. The van der Waals surface area contributed by atoms with Crippen LogP contribution in [0.4, 0.5) is 0 Å². The third-order valence-electron chi connectivity index (χ3n) is 1.51. The molecule has 72 valence electrons. The van der Waals surface area contributed by atoms with E-state index in [4.69, 9.17) is 5.11 Å². The van der Waals surface area contributed by atoms with Gasteiger partial charge in [0.05, 0.1) is 6.54 Å². The fourth-order valence-electron chi connectivity index (χ4n) is 0.970. The first kappa shape index (κ1) is 10.7. The average Bonchev–Trinajstić information content (AvgIpc) is 2.34. The molecule has 1 aromatic rings. The SMILES string of the molecule is CN(CC(=O)O)Cc1sccc1Br. The average molecular weight is 264 g/mol. The Labute approximate surface area is 89.1 Å². The van der Waals surface area contributed by atoms with E-state index in [1.165, 1.54) is 0 Å². The van der Waals surface area contributed by atoms with E-state index >= 15 is 0 Å². The summed E-state index contributed by atoms with van der Waals surface area (Å²) in [5, 5.41) is 10.5. The first-order valence-electron chi connectivity index (χ1n) is 3.72. The van der Waals surface area contributed by atoms with Gasteiger partial charge in [-0.05, 0) is 34.4 Å². The molecule has 0 unspecified atom stereocenters. The minimum atomic E-state index is -0.796. The number of halogens is 1. The van der Waals surface area contributed by atoms with Crippen LogP contribution < -0.4 is 0 Å². The fourth-order valence-corrected chi connectivity index (χ4v) is 2.53. The third-order valence-corrected chi connectivity index (χ3v) is 3.42. The van der Waals surface area contributed by atoms with Crippen LogP contribution in [0.5, 0.6) is 0 Å². The highest BCUT2D eigenvalue weighted by Crippen LogP contribution is 2.23. The van der Waals surface area contributed by atoms with Gasteiger partial charge < -0.3 is 5.11 Å². The van der Waals surface area contributed by atoms with E-state index < -0.39 is 5.97 Å². The fraction of sp³-hybridized carbons (Fsp3) is 0.375. The number of hydrogen-bond donors (Lipinski definition) is 1. The highest BCUT2D eigenvalue weighted by molar-refractivity contribution is 9.10. The van der Waals surface area contributed by atoms with Crippen LogP contribution in [0.25, 0.3) is 0 Å². The van der Waals surface area contributed by atoms with Crippen LogP contribution >= 0.6 is 27.3 Å². The standard InChI is InChI=1S/C8H10BrNO2S/c1-10(5-8(11)12)4-7-6(9)2-3-13-7/h2-3H,4-5H2,1H3,(H,11,12). The lowest BCUT2D eigenvalue weighted by atomic mass is 10.4. The first-order chi connectivity index (χ1) is 6.09. The minimum absolute atomic E-state index is 0.0737. The van der Waals surface area contributed by atoms with Crippen molar-refractivity contribution >= 4 is 33.2 Å². The molecule has 1 rings (SSSR count). The van der Waals surface area contributed by atoms with Gasteiger partial charge in [0.15, 0.2) is 0 Å². The molecule has 0 aliphatic rings. The van der Waals surface area contributed by atoms with Gasteiger partial charge in [-0.25, -0.2) is 0 Å². The predicted octanol–water partition coefficient (Wildman–Crippen LogP) is 2.03. The van der Waals surface area contributed by atoms with Crippen LogP contribution in [0.1, 0.15) is 4.88 Å². The molecule has 0 atom stereocenters. The number of carboxylic acid groups (broad SMARTS) is 1. The van der Waals surface area contributed by atoms with Gasteiger partial charge in [0.25, 0.3) is 0 Å². The van der Waals surface area contributed by atoms with E-state index in [1.807, 2.05) is 11.4 Å². The maximum atomic E-state index is 10.4. The van der Waals surface area contributed by atoms with E-state index in [-0.39, 0.29) is 6.54 Å². The largest absolute Gasteiger partial charge is 0.480 e. The molecule has 13 heavy (non-hydrogen) atoms. The maximum absolute atomic E-state index is 10.4. The second kappa shape index (κ2) is 4.74. The molecule has 0 saturated heterocycles. The monoisotopic (exact) mass is 263 g/mol. The van der Waals surface area contributed by atoms with Gasteiger partial charge >= 0.3 is 5.97 Å². The summed E-state index contributed by atoms with van der Waals surface area (Å²) >= 11 is 5.02. The van der Waals surface area contributed by atoms with E-state index in [2.05, 4.69) is 15.9 Å². The molecular weight excluding hydrogens is 254 g/mol. The Morgan fingerprint density at radius 3 is 2.92 bits per heavy atom. The summed E-state index contributed by atoms with van der Waals surface area (Å²) in [4.78, 5) is 13.3. The van der Waals surface area contributed by atoms with Crippen molar-refractivity contribution in [1.82, 2.24) is 4.90 Å². The van der Waals surface area contributed by atoms with Crippen molar-refractivity contribution in [3.63, 3.8) is 0 Å². The highest BCUT2D eigenvalue weighted by Gasteiger charge is 2.07. The van der Waals surface area contributed by atoms with Gasteiger partial charge in [-0.2, -0.15) is 0 Å². The molecule has 0 aliphatic heterocycles. The van der Waals surface area contributed by atoms with Crippen LogP contribution in [-0.4, -0.2) is 29.6 Å². The van der Waals surface area contributed by atoms with Gasteiger partial charge in [-0.1, -0.05) is 0 Å². The van der Waals surface area contributed by atoms with E-state index in [0.717, 1.165) is 9.35 Å². The van der Waals surface area contributed by atoms with Crippen molar-refractivity contribution in [2.45, 2.75) is 6.54 Å². The topological polar surface area (TPSA) is 40.5 Å². The first-order valence-corrected chi connectivity index (χ1v) is 5.39. The van der Waals surface area contributed by atoms with Crippen molar-refractivity contribution < 1.29 is 9.90 Å². The quantitative estimate of drug-likeness (QED) is 0.904. The number of hydrogen-bond acceptors (Lipinski definition) is 3. The number of aliphatic carboxylic acids is 1. The number of nitrogens with zero attached hydrogens (tertiary/aromatic N) is 1. The van der Waals surface area contributed by atoms with Crippen LogP contribution in [-0.2, 0) is 11.3 Å². The van der Waals surface area contributed by atoms with Crippen LogP contribution in [0.3, 0.4) is 0 Å². The van der Waals surface area contributed by atoms with Crippen molar-refractivity contribution in [1.29, 1.82) is 0 Å². The van der Waals surface area contributed by atoms with Gasteiger partial charge in [0.2, 0.25) is 0 Å². The number of likely N-dealkylation sites (N-methyl/N-ethyl adjacent to an activating group) is 1. The second-order valence-corrected chi connectivity index (χ2v) is 4.61. The Morgan fingerprint density at radius 1 is 1.77 bits per heavy atom. The highest BCUT2D eigenvalue weighted by atomic mass is 79.9. The Kier molecular flexibility index (Phi) is 3.90. The summed E-state index contributed by atoms with van der Waals surface area (Å²) in [6, 6.07) is 1.97.